The summed E-state index contributed by atoms with van der Waals surface area (Å²) in [5.41, 5.74) is 3.38. The summed E-state index contributed by atoms with van der Waals surface area (Å²) >= 11 is 1.76. The van der Waals surface area contributed by atoms with Crippen LogP contribution in [0, 0.1) is 6.92 Å². The van der Waals surface area contributed by atoms with Crippen LogP contribution in [-0.4, -0.2) is 24.4 Å². The van der Waals surface area contributed by atoms with Crippen molar-refractivity contribution in [2.45, 2.75) is 24.9 Å². The van der Waals surface area contributed by atoms with Crippen LogP contribution < -0.4 is 10.6 Å². The van der Waals surface area contributed by atoms with Crippen molar-refractivity contribution >= 4 is 41.7 Å². The van der Waals surface area contributed by atoms with Crippen LogP contribution in [0.4, 0.5) is 0 Å². The fraction of sp³-hybridized carbons (Fsp3) is 0.333. The Morgan fingerprint density at radius 3 is 2.68 bits per heavy atom. The molecule has 0 bridgehead atoms. The lowest BCUT2D eigenvalue weighted by atomic mass is 10.1. The van der Waals surface area contributed by atoms with Gasteiger partial charge in [-0.15, -0.1) is 35.7 Å². The minimum absolute atomic E-state index is 0. The Kier molecular flexibility index (Phi) is 8.32. The molecule has 0 fully saturated rings. The highest BCUT2D eigenvalue weighted by molar-refractivity contribution is 14.0. The van der Waals surface area contributed by atoms with Crippen LogP contribution in [0.2, 0.25) is 0 Å². The first kappa shape index (κ1) is 18.8. The van der Waals surface area contributed by atoms with E-state index in [-0.39, 0.29) is 24.0 Å². The first-order chi connectivity index (χ1) is 10.2. The molecule has 5 nitrogen and oxygen atoms in total. The molecule has 0 aliphatic heterocycles. The van der Waals surface area contributed by atoms with Crippen molar-refractivity contribution < 1.29 is 4.52 Å². The maximum atomic E-state index is 4.80. The quantitative estimate of drug-likeness (QED) is 0.329. The topological polar surface area (TPSA) is 62.5 Å². The molecule has 0 aliphatic rings. The van der Waals surface area contributed by atoms with E-state index in [2.05, 4.69) is 52.2 Å². The van der Waals surface area contributed by atoms with Gasteiger partial charge in [0.1, 0.15) is 12.0 Å². The van der Waals surface area contributed by atoms with Gasteiger partial charge in [0, 0.05) is 24.6 Å². The van der Waals surface area contributed by atoms with Crippen molar-refractivity contribution in [1.82, 2.24) is 15.8 Å². The van der Waals surface area contributed by atoms with E-state index >= 15 is 0 Å². The fourth-order valence-corrected chi connectivity index (χ4v) is 2.61. The molecule has 0 saturated heterocycles. The molecule has 0 saturated carbocycles. The zero-order valence-corrected chi connectivity index (χ0v) is 16.1. The number of aromatic nitrogens is 1. The van der Waals surface area contributed by atoms with E-state index in [0.29, 0.717) is 6.54 Å². The van der Waals surface area contributed by atoms with Gasteiger partial charge in [-0.25, -0.2) is 0 Å². The summed E-state index contributed by atoms with van der Waals surface area (Å²) in [4.78, 5) is 5.49. The number of halogens is 1. The molecule has 2 N–H and O–H groups in total. The highest BCUT2D eigenvalue weighted by Gasteiger charge is 2.04. The molecule has 2 aromatic rings. The van der Waals surface area contributed by atoms with E-state index in [1.807, 2.05) is 6.07 Å². The maximum Gasteiger partial charge on any atom is 0.191 e. The molecule has 120 valence electrons. The maximum absolute atomic E-state index is 4.80. The second-order valence-electron chi connectivity index (χ2n) is 4.59. The van der Waals surface area contributed by atoms with Gasteiger partial charge >= 0.3 is 0 Å². The Bertz CT molecular complexity index is 602. The van der Waals surface area contributed by atoms with E-state index < -0.39 is 0 Å². The lowest BCUT2D eigenvalue weighted by molar-refractivity contribution is 0.410. The number of hydrogen-bond donors (Lipinski definition) is 2. The van der Waals surface area contributed by atoms with Gasteiger partial charge in [0.05, 0.1) is 6.54 Å². The number of nitrogens with one attached hydrogen (secondary N) is 2. The molecule has 1 aromatic heterocycles. The highest BCUT2D eigenvalue weighted by Crippen LogP contribution is 2.21. The molecule has 0 radical (unpaired) electrons. The minimum atomic E-state index is 0. The van der Waals surface area contributed by atoms with E-state index in [1.54, 1.807) is 25.1 Å². The fourth-order valence-electron chi connectivity index (χ4n) is 1.90. The van der Waals surface area contributed by atoms with Crippen molar-refractivity contribution in [3.8, 4) is 0 Å². The van der Waals surface area contributed by atoms with Crippen LogP contribution in [0.1, 0.15) is 16.8 Å². The average Bonchev–Trinajstić information content (AvgIpc) is 3.01. The SMILES string of the molecule is CN=C(NCc1ccon1)NCc1ccc(C)cc1SC.I. The third-order valence-electron chi connectivity index (χ3n) is 3.04. The first-order valence-corrected chi connectivity index (χ1v) is 7.92. The predicted octanol–water partition coefficient (Wildman–Crippen LogP) is 3.19. The Morgan fingerprint density at radius 2 is 2.05 bits per heavy atom. The molecule has 0 spiro atoms. The summed E-state index contributed by atoms with van der Waals surface area (Å²) in [6.45, 7) is 3.42. The lowest BCUT2D eigenvalue weighted by Crippen LogP contribution is -2.36. The number of guanidine groups is 1. The Balaban J connectivity index is 0.00000242. The molecule has 0 amide bonds. The van der Waals surface area contributed by atoms with Gasteiger partial charge in [-0.1, -0.05) is 17.3 Å². The van der Waals surface area contributed by atoms with Gasteiger partial charge in [-0.05, 0) is 30.4 Å². The summed E-state index contributed by atoms with van der Waals surface area (Å²) in [6, 6.07) is 8.31. The van der Waals surface area contributed by atoms with Crippen molar-refractivity contribution in [2.24, 2.45) is 4.99 Å². The summed E-state index contributed by atoms with van der Waals surface area (Å²) in [5, 5.41) is 10.4. The Labute approximate surface area is 152 Å². The number of rotatable bonds is 5. The molecule has 7 heteroatoms. The van der Waals surface area contributed by atoms with Crippen molar-refractivity contribution in [2.75, 3.05) is 13.3 Å². The molecule has 2 rings (SSSR count). The number of aliphatic imine (C=N–C) groups is 1. The van der Waals surface area contributed by atoms with Crippen molar-refractivity contribution in [1.29, 1.82) is 0 Å². The van der Waals surface area contributed by atoms with Gasteiger partial charge in [-0.2, -0.15) is 0 Å². The molecular weight excluding hydrogens is 411 g/mol. The van der Waals surface area contributed by atoms with Crippen molar-refractivity contribution in [3.63, 3.8) is 0 Å². The summed E-state index contributed by atoms with van der Waals surface area (Å²) in [7, 11) is 1.75. The van der Waals surface area contributed by atoms with Gasteiger partial charge in [-0.3, -0.25) is 4.99 Å². The molecule has 0 unspecified atom stereocenters. The van der Waals surface area contributed by atoms with Crippen LogP contribution in [0.15, 0.2) is 44.9 Å². The van der Waals surface area contributed by atoms with E-state index in [9.17, 15) is 0 Å². The van der Waals surface area contributed by atoms with Crippen LogP contribution in [0.25, 0.3) is 0 Å². The normalized spacial score (nSPS) is 11.0. The average molecular weight is 432 g/mol. The zero-order chi connectivity index (χ0) is 15.1. The number of hydrogen-bond acceptors (Lipinski definition) is 4. The Hall–Kier alpha value is -1.22. The monoisotopic (exact) mass is 432 g/mol. The number of nitrogens with zero attached hydrogens (tertiary/aromatic N) is 2. The second kappa shape index (κ2) is 9.73. The smallest absolute Gasteiger partial charge is 0.191 e. The van der Waals surface area contributed by atoms with Crippen LogP contribution >= 0.6 is 35.7 Å². The summed E-state index contributed by atoms with van der Waals surface area (Å²) in [5.74, 6) is 0.741. The zero-order valence-electron chi connectivity index (χ0n) is 12.9. The number of thioether (sulfide) groups is 1. The van der Waals surface area contributed by atoms with Gasteiger partial charge in [0.15, 0.2) is 5.96 Å². The summed E-state index contributed by atoms with van der Waals surface area (Å²) in [6.07, 6.45) is 3.65. The lowest BCUT2D eigenvalue weighted by Gasteiger charge is -2.13. The molecular formula is C15H21IN4OS. The van der Waals surface area contributed by atoms with E-state index in [0.717, 1.165) is 18.2 Å². The van der Waals surface area contributed by atoms with Crippen molar-refractivity contribution in [3.05, 3.63) is 47.3 Å². The number of benzene rings is 1. The van der Waals surface area contributed by atoms with Crippen LogP contribution in [-0.2, 0) is 13.1 Å². The van der Waals surface area contributed by atoms with Crippen LogP contribution in [0.5, 0.6) is 0 Å². The second-order valence-corrected chi connectivity index (χ2v) is 5.43. The third-order valence-corrected chi connectivity index (χ3v) is 3.86. The van der Waals surface area contributed by atoms with E-state index in [4.69, 9.17) is 4.52 Å². The standard InChI is InChI=1S/C15H20N4OS.HI/c1-11-4-5-12(14(8-11)21-3)9-17-15(16-2)18-10-13-6-7-20-19-13;/h4-8H,9-10H2,1-3H3,(H2,16,17,18);1H. The Morgan fingerprint density at radius 1 is 1.27 bits per heavy atom. The highest BCUT2D eigenvalue weighted by atomic mass is 127. The third kappa shape index (κ3) is 5.53. The predicted molar refractivity (Wildman–Crippen MR) is 102 cm³/mol. The molecule has 0 atom stereocenters. The van der Waals surface area contributed by atoms with Gasteiger partial charge in [0.2, 0.25) is 0 Å². The first-order valence-electron chi connectivity index (χ1n) is 6.70. The summed E-state index contributed by atoms with van der Waals surface area (Å²) < 4.78 is 4.80. The molecule has 0 aliphatic carbocycles. The minimum Gasteiger partial charge on any atom is -0.364 e. The molecule has 1 aromatic carbocycles. The van der Waals surface area contributed by atoms with Gasteiger partial charge in [0.25, 0.3) is 0 Å². The largest absolute Gasteiger partial charge is 0.364 e. The number of aryl methyl sites for hydroxylation is 1. The van der Waals surface area contributed by atoms with E-state index in [1.165, 1.54) is 16.0 Å². The van der Waals surface area contributed by atoms with Gasteiger partial charge < -0.3 is 15.2 Å². The van der Waals surface area contributed by atoms with Crippen LogP contribution in [0.3, 0.4) is 0 Å². The molecule has 1 heterocycles. The molecule has 22 heavy (non-hydrogen) atoms.